The van der Waals surface area contributed by atoms with E-state index in [-0.39, 0.29) is 11.8 Å². The summed E-state index contributed by atoms with van der Waals surface area (Å²) in [5.41, 5.74) is 1.90. The number of aryl methyl sites for hydroxylation is 2. The van der Waals surface area contributed by atoms with Crippen LogP contribution in [0.1, 0.15) is 50.1 Å². The van der Waals surface area contributed by atoms with Gasteiger partial charge in [-0.25, -0.2) is 0 Å². The molecule has 19 heavy (non-hydrogen) atoms. The van der Waals surface area contributed by atoms with Crippen molar-refractivity contribution in [2.75, 3.05) is 0 Å². The van der Waals surface area contributed by atoms with Gasteiger partial charge >= 0.3 is 0 Å². The lowest BCUT2D eigenvalue weighted by Gasteiger charge is -2.14. The Kier molecular flexibility index (Phi) is 4.58. The second-order valence-electron chi connectivity index (χ2n) is 5.06. The van der Waals surface area contributed by atoms with Crippen molar-refractivity contribution in [3.63, 3.8) is 0 Å². The van der Waals surface area contributed by atoms with Gasteiger partial charge in [0.1, 0.15) is 5.76 Å². The molecule has 1 aliphatic carbocycles. The predicted molar refractivity (Wildman–Crippen MR) is 70.5 cm³/mol. The number of amides is 1. The Morgan fingerprint density at radius 2 is 2.21 bits per heavy atom. The van der Waals surface area contributed by atoms with Gasteiger partial charge in [0.25, 0.3) is 0 Å². The summed E-state index contributed by atoms with van der Waals surface area (Å²) in [7, 11) is 0. The van der Waals surface area contributed by atoms with E-state index in [1.165, 1.54) is 0 Å². The first kappa shape index (κ1) is 14.1. The van der Waals surface area contributed by atoms with E-state index in [0.29, 0.717) is 6.54 Å². The molecule has 5 heteroatoms. The van der Waals surface area contributed by atoms with Crippen molar-refractivity contribution in [1.29, 1.82) is 0 Å². The molecule has 2 rings (SSSR count). The first-order valence-corrected chi connectivity index (χ1v) is 7.09. The summed E-state index contributed by atoms with van der Waals surface area (Å²) in [6.45, 7) is 4.47. The van der Waals surface area contributed by atoms with Gasteiger partial charge < -0.3 is 14.9 Å². The fourth-order valence-corrected chi connectivity index (χ4v) is 2.69. The Balaban J connectivity index is 1.98. The molecule has 0 saturated heterocycles. The van der Waals surface area contributed by atoms with Gasteiger partial charge in [-0.15, -0.1) is 0 Å². The summed E-state index contributed by atoms with van der Waals surface area (Å²) in [5.74, 6) is 0.523. The molecule has 1 saturated carbocycles. The quantitative estimate of drug-likeness (QED) is 0.848. The molecule has 1 aromatic heterocycles. The Labute approximate surface area is 113 Å². The van der Waals surface area contributed by atoms with Crippen molar-refractivity contribution in [1.82, 2.24) is 10.5 Å². The molecule has 0 spiro atoms. The monoisotopic (exact) mass is 266 g/mol. The molecule has 1 heterocycles. The van der Waals surface area contributed by atoms with E-state index in [2.05, 4.69) is 10.5 Å². The van der Waals surface area contributed by atoms with Crippen molar-refractivity contribution in [3.8, 4) is 0 Å². The average molecular weight is 266 g/mol. The number of nitrogens with zero attached hydrogens (tertiary/aromatic N) is 1. The van der Waals surface area contributed by atoms with Crippen molar-refractivity contribution in [3.05, 3.63) is 17.0 Å². The topological polar surface area (TPSA) is 75.4 Å². The first-order valence-electron chi connectivity index (χ1n) is 7.09. The highest BCUT2D eigenvalue weighted by Gasteiger charge is 2.31. The highest BCUT2D eigenvalue weighted by atomic mass is 16.5. The Morgan fingerprint density at radius 3 is 2.79 bits per heavy atom. The van der Waals surface area contributed by atoms with E-state index in [4.69, 9.17) is 4.52 Å². The smallest absolute Gasteiger partial charge is 0.225 e. The van der Waals surface area contributed by atoms with Gasteiger partial charge in [-0.2, -0.15) is 0 Å². The van der Waals surface area contributed by atoms with Crippen LogP contribution in [-0.2, 0) is 24.2 Å². The molecule has 2 N–H and O–H groups in total. The van der Waals surface area contributed by atoms with Crippen molar-refractivity contribution >= 4 is 5.91 Å². The number of aliphatic hydroxyl groups excluding tert-OH is 1. The molecule has 1 aromatic rings. The van der Waals surface area contributed by atoms with Crippen LogP contribution in [0, 0.1) is 5.92 Å². The van der Waals surface area contributed by atoms with Crippen LogP contribution in [0.4, 0.5) is 0 Å². The molecule has 1 fully saturated rings. The van der Waals surface area contributed by atoms with E-state index in [9.17, 15) is 9.90 Å². The van der Waals surface area contributed by atoms with Crippen LogP contribution in [0.15, 0.2) is 4.52 Å². The number of aromatic nitrogens is 1. The van der Waals surface area contributed by atoms with Gasteiger partial charge in [-0.05, 0) is 25.7 Å². The normalized spacial score (nSPS) is 22.7. The Bertz CT molecular complexity index is 420. The summed E-state index contributed by atoms with van der Waals surface area (Å²) in [5, 5.41) is 16.7. The molecule has 2 unspecified atom stereocenters. The van der Waals surface area contributed by atoms with Crippen LogP contribution in [0.2, 0.25) is 0 Å². The standard InChI is InChI=1S/C14H22N2O3/c1-3-11-10(13(4-2)19-16-11)8-15-14(18)9-6-5-7-12(9)17/h9,12,17H,3-8H2,1-2H3,(H,15,18). The number of hydrogen-bond acceptors (Lipinski definition) is 4. The summed E-state index contributed by atoms with van der Waals surface area (Å²) in [4.78, 5) is 12.0. The van der Waals surface area contributed by atoms with Crippen molar-refractivity contribution in [2.24, 2.45) is 5.92 Å². The highest BCUT2D eigenvalue weighted by molar-refractivity contribution is 5.79. The minimum Gasteiger partial charge on any atom is -0.392 e. The zero-order valence-electron chi connectivity index (χ0n) is 11.6. The molecule has 0 radical (unpaired) electrons. The third-order valence-corrected chi connectivity index (χ3v) is 3.86. The summed E-state index contributed by atoms with van der Waals surface area (Å²) in [6.07, 6.45) is 3.50. The maximum Gasteiger partial charge on any atom is 0.225 e. The molecule has 5 nitrogen and oxygen atoms in total. The molecule has 106 valence electrons. The minimum atomic E-state index is -0.487. The van der Waals surface area contributed by atoms with Gasteiger partial charge in [0.15, 0.2) is 0 Å². The van der Waals surface area contributed by atoms with E-state index >= 15 is 0 Å². The largest absolute Gasteiger partial charge is 0.392 e. The third kappa shape index (κ3) is 2.97. The fraction of sp³-hybridized carbons (Fsp3) is 0.714. The van der Waals surface area contributed by atoms with Crippen LogP contribution in [-0.4, -0.2) is 22.3 Å². The molecule has 0 bridgehead atoms. The van der Waals surface area contributed by atoms with Crippen molar-refractivity contribution < 1.29 is 14.4 Å². The van der Waals surface area contributed by atoms with Crippen LogP contribution < -0.4 is 5.32 Å². The maximum atomic E-state index is 12.0. The number of nitrogens with one attached hydrogen (secondary N) is 1. The SMILES string of the molecule is CCc1noc(CC)c1CNC(=O)C1CCCC1O. The molecule has 0 aliphatic heterocycles. The zero-order valence-corrected chi connectivity index (χ0v) is 11.6. The Morgan fingerprint density at radius 1 is 1.42 bits per heavy atom. The van der Waals surface area contributed by atoms with Crippen molar-refractivity contribution in [2.45, 2.75) is 58.6 Å². The molecule has 1 amide bonds. The molecular weight excluding hydrogens is 244 g/mol. The maximum absolute atomic E-state index is 12.0. The predicted octanol–water partition coefficient (Wildman–Crippen LogP) is 1.58. The van der Waals surface area contributed by atoms with Crippen LogP contribution in [0.25, 0.3) is 0 Å². The number of hydrogen-bond donors (Lipinski definition) is 2. The van der Waals surface area contributed by atoms with Crippen LogP contribution in [0.5, 0.6) is 0 Å². The van der Waals surface area contributed by atoms with E-state index in [1.807, 2.05) is 13.8 Å². The fourth-order valence-electron chi connectivity index (χ4n) is 2.69. The third-order valence-electron chi connectivity index (χ3n) is 3.86. The van der Waals surface area contributed by atoms with E-state index < -0.39 is 6.10 Å². The van der Waals surface area contributed by atoms with Gasteiger partial charge in [0.2, 0.25) is 5.91 Å². The highest BCUT2D eigenvalue weighted by Crippen LogP contribution is 2.25. The second-order valence-corrected chi connectivity index (χ2v) is 5.06. The number of carbonyl (C=O) groups excluding carboxylic acids is 1. The van der Waals surface area contributed by atoms with E-state index in [1.54, 1.807) is 0 Å². The lowest BCUT2D eigenvalue weighted by atomic mass is 10.0. The number of carbonyl (C=O) groups is 1. The number of rotatable bonds is 5. The van der Waals surface area contributed by atoms with Gasteiger partial charge in [0, 0.05) is 18.5 Å². The van der Waals surface area contributed by atoms with Gasteiger partial charge in [0.05, 0.1) is 17.7 Å². The second kappa shape index (κ2) is 6.19. The minimum absolute atomic E-state index is 0.0599. The molecule has 0 aromatic carbocycles. The average Bonchev–Trinajstić information content (AvgIpc) is 3.01. The summed E-state index contributed by atoms with van der Waals surface area (Å²) < 4.78 is 5.26. The molecule has 1 aliphatic rings. The molecule has 2 atom stereocenters. The van der Waals surface area contributed by atoms with Crippen LogP contribution in [0.3, 0.4) is 0 Å². The first-order chi connectivity index (χ1) is 9.17. The summed E-state index contributed by atoms with van der Waals surface area (Å²) in [6, 6.07) is 0. The molecular formula is C14H22N2O3. The lowest BCUT2D eigenvalue weighted by molar-refractivity contribution is -0.127. The number of aliphatic hydroxyl groups is 1. The lowest BCUT2D eigenvalue weighted by Crippen LogP contribution is -2.34. The summed E-state index contributed by atoms with van der Waals surface area (Å²) >= 11 is 0. The van der Waals surface area contributed by atoms with Gasteiger partial charge in [-0.3, -0.25) is 4.79 Å². The van der Waals surface area contributed by atoms with E-state index in [0.717, 1.165) is 49.1 Å². The van der Waals surface area contributed by atoms with Crippen LogP contribution >= 0.6 is 0 Å². The van der Waals surface area contributed by atoms with Gasteiger partial charge in [-0.1, -0.05) is 19.0 Å². The Hall–Kier alpha value is -1.36. The zero-order chi connectivity index (χ0) is 13.8.